The van der Waals surface area contributed by atoms with Gasteiger partial charge in [0.15, 0.2) is 0 Å². The molecule has 0 saturated heterocycles. The van der Waals surface area contributed by atoms with Gasteiger partial charge in [-0.3, -0.25) is 0 Å². The van der Waals surface area contributed by atoms with Crippen LogP contribution in [0.25, 0.3) is 0 Å². The molecule has 2 nitrogen and oxygen atoms in total. The van der Waals surface area contributed by atoms with Crippen molar-refractivity contribution < 1.29 is 4.74 Å². The SMILES string of the molecule is CCC(N)Cc1ccc2c(c1)CCO2. The minimum atomic E-state index is 0.287. The van der Waals surface area contributed by atoms with Crippen molar-refractivity contribution in [2.75, 3.05) is 6.61 Å². The van der Waals surface area contributed by atoms with Gasteiger partial charge < -0.3 is 10.5 Å². The molecule has 0 saturated carbocycles. The molecule has 2 N–H and O–H groups in total. The van der Waals surface area contributed by atoms with Gasteiger partial charge in [0.1, 0.15) is 5.75 Å². The summed E-state index contributed by atoms with van der Waals surface area (Å²) in [7, 11) is 0. The molecule has 1 aromatic carbocycles. The number of nitrogens with two attached hydrogens (primary N) is 1. The Morgan fingerprint density at radius 3 is 3.14 bits per heavy atom. The smallest absolute Gasteiger partial charge is 0.122 e. The Labute approximate surface area is 85.1 Å². The van der Waals surface area contributed by atoms with Crippen molar-refractivity contribution in [3.05, 3.63) is 29.3 Å². The Balaban J connectivity index is 2.12. The highest BCUT2D eigenvalue weighted by Crippen LogP contribution is 2.26. The summed E-state index contributed by atoms with van der Waals surface area (Å²) in [5.41, 5.74) is 8.59. The van der Waals surface area contributed by atoms with Crippen molar-refractivity contribution >= 4 is 0 Å². The standard InChI is InChI=1S/C12H17NO/c1-2-11(13)8-9-3-4-12-10(7-9)5-6-14-12/h3-4,7,11H,2,5-6,8,13H2,1H3. The van der Waals surface area contributed by atoms with Crippen LogP contribution in [0.1, 0.15) is 24.5 Å². The van der Waals surface area contributed by atoms with E-state index in [9.17, 15) is 0 Å². The van der Waals surface area contributed by atoms with E-state index in [1.165, 1.54) is 11.1 Å². The molecule has 1 unspecified atom stereocenters. The van der Waals surface area contributed by atoms with Gasteiger partial charge >= 0.3 is 0 Å². The predicted octanol–water partition coefficient (Wildman–Crippen LogP) is 1.90. The minimum absolute atomic E-state index is 0.287. The Morgan fingerprint density at radius 2 is 2.36 bits per heavy atom. The van der Waals surface area contributed by atoms with Crippen LogP contribution in [0.2, 0.25) is 0 Å². The lowest BCUT2D eigenvalue weighted by atomic mass is 10.0. The number of hydrogen-bond acceptors (Lipinski definition) is 2. The average Bonchev–Trinajstić information content (AvgIpc) is 2.64. The van der Waals surface area contributed by atoms with Crippen molar-refractivity contribution in [3.63, 3.8) is 0 Å². The Hall–Kier alpha value is -1.02. The van der Waals surface area contributed by atoms with E-state index < -0.39 is 0 Å². The van der Waals surface area contributed by atoms with Crippen LogP contribution in [0, 0.1) is 0 Å². The maximum Gasteiger partial charge on any atom is 0.122 e. The van der Waals surface area contributed by atoms with Gasteiger partial charge in [-0.15, -0.1) is 0 Å². The number of ether oxygens (including phenoxy) is 1. The van der Waals surface area contributed by atoms with E-state index in [0.29, 0.717) is 0 Å². The van der Waals surface area contributed by atoms with Gasteiger partial charge in [0.05, 0.1) is 6.61 Å². The molecule has 2 rings (SSSR count). The first-order valence-corrected chi connectivity index (χ1v) is 5.29. The quantitative estimate of drug-likeness (QED) is 0.792. The van der Waals surface area contributed by atoms with Crippen LogP contribution in [0.5, 0.6) is 5.75 Å². The first-order chi connectivity index (χ1) is 6.79. The summed E-state index contributed by atoms with van der Waals surface area (Å²) in [6, 6.07) is 6.72. The molecule has 1 heterocycles. The molecule has 76 valence electrons. The van der Waals surface area contributed by atoms with E-state index in [-0.39, 0.29) is 6.04 Å². The summed E-state index contributed by atoms with van der Waals surface area (Å²) >= 11 is 0. The number of rotatable bonds is 3. The van der Waals surface area contributed by atoms with Gasteiger partial charge in [0, 0.05) is 12.5 Å². The summed E-state index contributed by atoms with van der Waals surface area (Å²) in [5, 5.41) is 0. The predicted molar refractivity (Wildman–Crippen MR) is 57.6 cm³/mol. The second-order valence-electron chi connectivity index (χ2n) is 3.91. The van der Waals surface area contributed by atoms with Gasteiger partial charge in [-0.2, -0.15) is 0 Å². The molecule has 0 bridgehead atoms. The van der Waals surface area contributed by atoms with Gasteiger partial charge in [-0.05, 0) is 30.0 Å². The van der Waals surface area contributed by atoms with Crippen LogP contribution in [-0.4, -0.2) is 12.6 Å². The van der Waals surface area contributed by atoms with Crippen molar-refractivity contribution in [1.82, 2.24) is 0 Å². The number of benzene rings is 1. The molecule has 1 aliphatic rings. The lowest BCUT2D eigenvalue weighted by Crippen LogP contribution is -2.21. The largest absolute Gasteiger partial charge is 0.493 e. The average molecular weight is 191 g/mol. The van der Waals surface area contributed by atoms with Gasteiger partial charge in [-0.1, -0.05) is 19.1 Å². The highest BCUT2D eigenvalue weighted by atomic mass is 16.5. The highest BCUT2D eigenvalue weighted by molar-refractivity contribution is 5.40. The Kier molecular flexibility index (Phi) is 2.73. The maximum atomic E-state index is 5.92. The Bertz CT molecular complexity index is 322. The summed E-state index contributed by atoms with van der Waals surface area (Å²) in [6.07, 6.45) is 3.06. The summed E-state index contributed by atoms with van der Waals surface area (Å²) < 4.78 is 5.45. The van der Waals surface area contributed by atoms with Gasteiger partial charge in [-0.25, -0.2) is 0 Å². The zero-order valence-electron chi connectivity index (χ0n) is 8.62. The molecule has 0 aromatic heterocycles. The lowest BCUT2D eigenvalue weighted by molar-refractivity contribution is 0.357. The molecule has 1 aliphatic heterocycles. The van der Waals surface area contributed by atoms with E-state index in [0.717, 1.165) is 31.6 Å². The molecular formula is C12H17NO. The second kappa shape index (κ2) is 4.01. The lowest BCUT2D eigenvalue weighted by Gasteiger charge is -2.09. The van der Waals surface area contributed by atoms with Crippen LogP contribution < -0.4 is 10.5 Å². The molecule has 0 radical (unpaired) electrons. The van der Waals surface area contributed by atoms with Crippen molar-refractivity contribution in [1.29, 1.82) is 0 Å². The first-order valence-electron chi connectivity index (χ1n) is 5.29. The van der Waals surface area contributed by atoms with Crippen molar-refractivity contribution in [3.8, 4) is 5.75 Å². The van der Waals surface area contributed by atoms with E-state index in [1.54, 1.807) is 0 Å². The van der Waals surface area contributed by atoms with Crippen LogP contribution in [0.3, 0.4) is 0 Å². The second-order valence-corrected chi connectivity index (χ2v) is 3.91. The molecule has 0 fully saturated rings. The van der Waals surface area contributed by atoms with E-state index in [2.05, 4.69) is 25.1 Å². The third kappa shape index (κ3) is 1.90. The fourth-order valence-corrected chi connectivity index (χ4v) is 1.81. The van der Waals surface area contributed by atoms with Crippen molar-refractivity contribution in [2.45, 2.75) is 32.2 Å². The van der Waals surface area contributed by atoms with Crippen LogP contribution in [-0.2, 0) is 12.8 Å². The zero-order chi connectivity index (χ0) is 9.97. The van der Waals surface area contributed by atoms with Crippen LogP contribution in [0.4, 0.5) is 0 Å². The molecule has 2 heteroatoms. The fraction of sp³-hybridized carbons (Fsp3) is 0.500. The third-order valence-corrected chi connectivity index (χ3v) is 2.78. The molecule has 0 aliphatic carbocycles. The van der Waals surface area contributed by atoms with Gasteiger partial charge in [0.2, 0.25) is 0 Å². The Morgan fingerprint density at radius 1 is 1.50 bits per heavy atom. The van der Waals surface area contributed by atoms with E-state index >= 15 is 0 Å². The molecular weight excluding hydrogens is 174 g/mol. The van der Waals surface area contributed by atoms with Crippen LogP contribution >= 0.6 is 0 Å². The fourth-order valence-electron chi connectivity index (χ4n) is 1.81. The monoisotopic (exact) mass is 191 g/mol. The first kappa shape index (κ1) is 9.53. The van der Waals surface area contributed by atoms with Crippen LogP contribution in [0.15, 0.2) is 18.2 Å². The molecule has 14 heavy (non-hydrogen) atoms. The van der Waals surface area contributed by atoms with E-state index in [4.69, 9.17) is 10.5 Å². The summed E-state index contributed by atoms with van der Waals surface area (Å²) in [4.78, 5) is 0. The minimum Gasteiger partial charge on any atom is -0.493 e. The van der Waals surface area contributed by atoms with E-state index in [1.807, 2.05) is 0 Å². The van der Waals surface area contributed by atoms with Gasteiger partial charge in [0.25, 0.3) is 0 Å². The summed E-state index contributed by atoms with van der Waals surface area (Å²) in [6.45, 7) is 2.96. The summed E-state index contributed by atoms with van der Waals surface area (Å²) in [5.74, 6) is 1.05. The third-order valence-electron chi connectivity index (χ3n) is 2.78. The highest BCUT2D eigenvalue weighted by Gasteiger charge is 2.12. The zero-order valence-corrected chi connectivity index (χ0v) is 8.62. The molecule has 1 atom stereocenters. The van der Waals surface area contributed by atoms with Crippen molar-refractivity contribution in [2.24, 2.45) is 5.73 Å². The number of hydrogen-bond donors (Lipinski definition) is 1. The number of fused-ring (bicyclic) bond motifs is 1. The maximum absolute atomic E-state index is 5.92. The molecule has 0 amide bonds. The topological polar surface area (TPSA) is 35.2 Å². The molecule has 1 aromatic rings. The normalized spacial score (nSPS) is 16.1. The molecule has 0 spiro atoms.